The summed E-state index contributed by atoms with van der Waals surface area (Å²) in [6.07, 6.45) is 0.743. The number of esters is 1. The fourth-order valence-corrected chi connectivity index (χ4v) is 1.36. The second-order valence-electron chi connectivity index (χ2n) is 3.61. The summed E-state index contributed by atoms with van der Waals surface area (Å²) in [5.74, 6) is -0.215. The first-order valence-corrected chi connectivity index (χ1v) is 6.77. The number of rotatable bonds is 3. The summed E-state index contributed by atoms with van der Waals surface area (Å²) in [7, 11) is 1.42. The summed E-state index contributed by atoms with van der Waals surface area (Å²) in [5, 5.41) is 0. The van der Waals surface area contributed by atoms with Gasteiger partial charge in [0.2, 0.25) is 0 Å². The lowest BCUT2D eigenvalue weighted by Crippen LogP contribution is -2.14. The van der Waals surface area contributed by atoms with Crippen molar-refractivity contribution in [1.29, 1.82) is 0 Å². The van der Waals surface area contributed by atoms with Crippen molar-refractivity contribution >= 4 is 5.97 Å². The van der Waals surface area contributed by atoms with Crippen molar-refractivity contribution in [2.45, 2.75) is 48.0 Å². The van der Waals surface area contributed by atoms with E-state index in [1.807, 2.05) is 41.5 Å². The van der Waals surface area contributed by atoms with Gasteiger partial charge in [-0.05, 0) is 18.9 Å². The molecule has 18 heavy (non-hydrogen) atoms. The Labute approximate surface area is 112 Å². The second kappa shape index (κ2) is 12.2. The molecule has 0 aliphatic heterocycles. The quantitative estimate of drug-likeness (QED) is 0.745. The number of methoxy groups -OCH3 is 1. The van der Waals surface area contributed by atoms with Crippen LogP contribution in [0.25, 0.3) is 0 Å². The zero-order valence-corrected chi connectivity index (χ0v) is 12.9. The van der Waals surface area contributed by atoms with Crippen LogP contribution in [0.4, 0.5) is 0 Å². The van der Waals surface area contributed by atoms with Crippen LogP contribution in [0.3, 0.4) is 0 Å². The first kappa shape index (κ1) is 19.0. The molecule has 0 amide bonds. The minimum atomic E-state index is -0.148. The fourth-order valence-electron chi connectivity index (χ4n) is 1.36. The van der Waals surface area contributed by atoms with Crippen LogP contribution in [0, 0.1) is 12.8 Å². The van der Waals surface area contributed by atoms with Crippen molar-refractivity contribution in [3.8, 4) is 0 Å². The number of ether oxygens (including phenoxy) is 1. The summed E-state index contributed by atoms with van der Waals surface area (Å²) in [5.41, 5.74) is 2.41. The van der Waals surface area contributed by atoms with E-state index in [1.54, 1.807) is 0 Å². The summed E-state index contributed by atoms with van der Waals surface area (Å²) in [6, 6.07) is 8.21. The zero-order valence-electron chi connectivity index (χ0n) is 12.9. The van der Waals surface area contributed by atoms with Gasteiger partial charge < -0.3 is 4.74 Å². The van der Waals surface area contributed by atoms with Crippen LogP contribution in [0.2, 0.25) is 0 Å². The van der Waals surface area contributed by atoms with E-state index in [0.29, 0.717) is 0 Å². The third kappa shape index (κ3) is 7.88. The third-order valence-electron chi connectivity index (χ3n) is 2.27. The van der Waals surface area contributed by atoms with E-state index in [9.17, 15) is 4.79 Å². The lowest BCUT2D eigenvalue weighted by molar-refractivity contribution is -0.144. The molecule has 1 aromatic rings. The topological polar surface area (TPSA) is 26.3 Å². The molecule has 1 atom stereocenters. The van der Waals surface area contributed by atoms with Gasteiger partial charge in [-0.25, -0.2) is 0 Å². The van der Waals surface area contributed by atoms with Crippen molar-refractivity contribution in [3.63, 3.8) is 0 Å². The highest BCUT2D eigenvalue weighted by atomic mass is 16.5. The van der Waals surface area contributed by atoms with Crippen molar-refractivity contribution in [1.82, 2.24) is 0 Å². The fraction of sp³-hybridized carbons (Fsp3) is 0.562. The Bertz CT molecular complexity index is 301. The van der Waals surface area contributed by atoms with Gasteiger partial charge in [0.25, 0.3) is 0 Å². The molecule has 0 bridgehead atoms. The van der Waals surface area contributed by atoms with Crippen molar-refractivity contribution < 1.29 is 9.53 Å². The van der Waals surface area contributed by atoms with E-state index in [0.717, 1.165) is 6.42 Å². The van der Waals surface area contributed by atoms with Gasteiger partial charge in [0.1, 0.15) is 0 Å². The Morgan fingerprint density at radius 1 is 1.11 bits per heavy atom. The molecule has 104 valence electrons. The average molecular weight is 252 g/mol. The van der Waals surface area contributed by atoms with E-state index >= 15 is 0 Å². The molecular formula is C16H28O2. The highest BCUT2D eigenvalue weighted by molar-refractivity contribution is 5.72. The molecule has 0 fully saturated rings. The number of carbonyl (C=O) groups is 1. The number of aryl methyl sites for hydroxylation is 1. The Balaban J connectivity index is 0. The molecule has 2 heteroatoms. The second-order valence-corrected chi connectivity index (χ2v) is 3.61. The molecular weight excluding hydrogens is 224 g/mol. The molecule has 1 aromatic carbocycles. The number of benzene rings is 1. The van der Waals surface area contributed by atoms with Crippen molar-refractivity contribution in [3.05, 3.63) is 35.4 Å². The summed E-state index contributed by atoms with van der Waals surface area (Å²) >= 11 is 0. The van der Waals surface area contributed by atoms with Gasteiger partial charge in [-0.1, -0.05) is 64.4 Å². The minimum absolute atomic E-state index is 0.0669. The monoisotopic (exact) mass is 252 g/mol. The van der Waals surface area contributed by atoms with Crippen LogP contribution in [0.1, 0.15) is 45.7 Å². The number of hydrogen-bond acceptors (Lipinski definition) is 2. The molecule has 2 nitrogen and oxygen atoms in total. The molecule has 0 spiro atoms. The molecule has 0 aliphatic rings. The van der Waals surface area contributed by atoms with Gasteiger partial charge in [0, 0.05) is 0 Å². The van der Waals surface area contributed by atoms with Gasteiger partial charge in [-0.15, -0.1) is 0 Å². The van der Waals surface area contributed by atoms with Gasteiger partial charge in [0.15, 0.2) is 0 Å². The molecule has 0 aliphatic carbocycles. The largest absolute Gasteiger partial charge is 0.469 e. The van der Waals surface area contributed by atoms with E-state index < -0.39 is 0 Å². The van der Waals surface area contributed by atoms with Crippen molar-refractivity contribution in [2.75, 3.05) is 7.11 Å². The molecule has 1 unspecified atom stereocenters. The highest BCUT2D eigenvalue weighted by Crippen LogP contribution is 2.10. The third-order valence-corrected chi connectivity index (χ3v) is 2.27. The molecule has 1 rings (SSSR count). The van der Waals surface area contributed by atoms with Gasteiger partial charge in [-0.3, -0.25) is 4.79 Å². The Kier molecular flexibility index (Phi) is 12.9. The average Bonchev–Trinajstić information content (AvgIpc) is 2.44. The van der Waals surface area contributed by atoms with Gasteiger partial charge in [0.05, 0.1) is 13.0 Å². The predicted molar refractivity (Wildman–Crippen MR) is 78.8 cm³/mol. The normalized spacial score (nSPS) is 10.2. The molecule has 0 saturated carbocycles. The lowest BCUT2D eigenvalue weighted by Gasteiger charge is -2.08. The number of hydrogen-bond donors (Lipinski definition) is 0. The van der Waals surface area contributed by atoms with Crippen LogP contribution in [0.15, 0.2) is 24.3 Å². The number of carbonyl (C=O) groups excluding carboxylic acids is 1. The SMILES string of the molecule is CC.CC.COC(=O)C(C)Cc1ccc(C)cc1. The molecule has 0 heterocycles. The van der Waals surface area contributed by atoms with Crippen LogP contribution >= 0.6 is 0 Å². The Hall–Kier alpha value is -1.31. The van der Waals surface area contributed by atoms with Crippen LogP contribution in [0.5, 0.6) is 0 Å². The van der Waals surface area contributed by atoms with E-state index in [2.05, 4.69) is 29.0 Å². The summed E-state index contributed by atoms with van der Waals surface area (Å²) in [6.45, 7) is 11.9. The highest BCUT2D eigenvalue weighted by Gasteiger charge is 2.12. The van der Waals surface area contributed by atoms with E-state index in [1.165, 1.54) is 18.2 Å². The minimum Gasteiger partial charge on any atom is -0.469 e. The first-order valence-electron chi connectivity index (χ1n) is 6.77. The lowest BCUT2D eigenvalue weighted by atomic mass is 10.0. The molecule has 0 aromatic heterocycles. The molecule has 0 radical (unpaired) electrons. The maximum absolute atomic E-state index is 11.2. The van der Waals surface area contributed by atoms with E-state index in [-0.39, 0.29) is 11.9 Å². The summed E-state index contributed by atoms with van der Waals surface area (Å²) in [4.78, 5) is 11.2. The molecule has 0 N–H and O–H groups in total. The van der Waals surface area contributed by atoms with Crippen molar-refractivity contribution in [2.24, 2.45) is 5.92 Å². The van der Waals surface area contributed by atoms with Gasteiger partial charge >= 0.3 is 5.97 Å². The predicted octanol–water partition coefficient (Wildman–Crippen LogP) is 4.40. The van der Waals surface area contributed by atoms with Crippen LogP contribution in [-0.2, 0) is 16.0 Å². The smallest absolute Gasteiger partial charge is 0.308 e. The standard InChI is InChI=1S/C12H16O2.2C2H6/c1-9-4-6-11(7-5-9)8-10(2)12(13)14-3;2*1-2/h4-7,10H,8H2,1-3H3;2*1-2H3. The molecule has 0 saturated heterocycles. The Morgan fingerprint density at radius 3 is 1.94 bits per heavy atom. The van der Waals surface area contributed by atoms with Crippen LogP contribution < -0.4 is 0 Å². The first-order chi connectivity index (χ1) is 8.63. The summed E-state index contributed by atoms with van der Waals surface area (Å²) < 4.78 is 4.67. The van der Waals surface area contributed by atoms with E-state index in [4.69, 9.17) is 0 Å². The van der Waals surface area contributed by atoms with Gasteiger partial charge in [-0.2, -0.15) is 0 Å². The zero-order chi connectivity index (χ0) is 14.6. The maximum Gasteiger partial charge on any atom is 0.308 e. The van der Waals surface area contributed by atoms with Crippen LogP contribution in [-0.4, -0.2) is 13.1 Å². The Morgan fingerprint density at radius 2 is 1.56 bits per heavy atom. The maximum atomic E-state index is 11.2.